The molecule has 0 saturated carbocycles. The average Bonchev–Trinajstić information content (AvgIpc) is 3.07. The maximum atomic E-state index is 6.84. The Kier molecular flexibility index (Phi) is 4.07. The topological polar surface area (TPSA) is 63.6 Å². The summed E-state index contributed by atoms with van der Waals surface area (Å²) in [5.41, 5.74) is 5.64. The highest BCUT2D eigenvalue weighted by Gasteiger charge is 2.46. The molecule has 5 nitrogen and oxygen atoms in total. The Balaban J connectivity index is 1.64. The number of nitrogens with two attached hydrogens (primary N) is 1. The van der Waals surface area contributed by atoms with Gasteiger partial charge in [0.2, 0.25) is 5.70 Å². The molecule has 0 amide bonds. The first-order valence-electron chi connectivity index (χ1n) is 10.1. The maximum Gasteiger partial charge on any atom is 0.264 e. The second kappa shape index (κ2) is 6.55. The smallest absolute Gasteiger partial charge is 0.253 e. The van der Waals surface area contributed by atoms with E-state index in [0.29, 0.717) is 0 Å². The number of amidine groups is 1. The van der Waals surface area contributed by atoms with Crippen molar-refractivity contribution >= 4 is 23.0 Å². The Hall–Kier alpha value is -3.41. The number of pyridine rings is 1. The quantitative estimate of drug-likeness (QED) is 0.482. The van der Waals surface area contributed by atoms with E-state index < -0.39 is 0 Å². The third kappa shape index (κ3) is 2.91. The molecule has 3 aromatic rings. The summed E-state index contributed by atoms with van der Waals surface area (Å²) in [5.74, 6) is 7.63. The summed E-state index contributed by atoms with van der Waals surface area (Å²) in [4.78, 5) is 14.2. The summed E-state index contributed by atoms with van der Waals surface area (Å²) in [7, 11) is 0. The molecular weight excluding hydrogens is 370 g/mol. The molecule has 0 saturated heterocycles. The molecule has 0 spiro atoms. The molecule has 2 aromatic carbocycles. The lowest BCUT2D eigenvalue weighted by Crippen LogP contribution is -2.53. The molecule has 1 atom stereocenters. The van der Waals surface area contributed by atoms with Crippen LogP contribution in [0.2, 0.25) is 0 Å². The summed E-state index contributed by atoms with van der Waals surface area (Å²) in [5, 5.41) is 1.08. The molecule has 30 heavy (non-hydrogen) atoms. The zero-order valence-electron chi connectivity index (χ0n) is 17.4. The number of quaternary nitrogens is 1. The summed E-state index contributed by atoms with van der Waals surface area (Å²) >= 11 is 0. The molecule has 5 rings (SSSR count). The molecule has 2 aliphatic rings. The Labute approximate surface area is 176 Å². The van der Waals surface area contributed by atoms with Crippen molar-refractivity contribution in [3.8, 4) is 11.3 Å². The minimum atomic E-state index is -0.146. The number of fused-ring (bicyclic) bond motifs is 2. The lowest BCUT2D eigenvalue weighted by molar-refractivity contribution is -0.750. The molecule has 2 N–H and O–H groups in total. The van der Waals surface area contributed by atoms with Gasteiger partial charge in [0.1, 0.15) is 11.9 Å². The fraction of sp³-hybridized carbons (Fsp3) is 0.160. The number of hydrogen-bond acceptors (Lipinski definition) is 4. The van der Waals surface area contributed by atoms with Crippen LogP contribution in [0.5, 0.6) is 0 Å². The van der Waals surface area contributed by atoms with Gasteiger partial charge < -0.3 is 0 Å². The highest BCUT2D eigenvalue weighted by Crippen LogP contribution is 2.39. The molecule has 1 aromatic heterocycles. The zero-order valence-corrected chi connectivity index (χ0v) is 17.4. The first-order chi connectivity index (χ1) is 14.4. The van der Waals surface area contributed by atoms with Crippen molar-refractivity contribution in [2.45, 2.75) is 20.8 Å². The van der Waals surface area contributed by atoms with Crippen molar-refractivity contribution in [2.75, 3.05) is 0 Å². The van der Waals surface area contributed by atoms with Crippen molar-refractivity contribution in [3.63, 3.8) is 0 Å². The first kappa shape index (κ1) is 18.6. The summed E-state index contributed by atoms with van der Waals surface area (Å²) in [6.45, 7) is 6.44. The van der Waals surface area contributed by atoms with E-state index in [1.807, 2.05) is 30.6 Å². The van der Waals surface area contributed by atoms with E-state index in [0.717, 1.165) is 45.0 Å². The van der Waals surface area contributed by atoms with Crippen LogP contribution in [0.25, 0.3) is 22.2 Å². The van der Waals surface area contributed by atoms with Gasteiger partial charge in [-0.1, -0.05) is 63.2 Å². The number of aliphatic imine (C=N–C) groups is 2. The van der Waals surface area contributed by atoms with Gasteiger partial charge in [-0.2, -0.15) is 10.8 Å². The van der Waals surface area contributed by atoms with Crippen LogP contribution in [-0.4, -0.2) is 21.6 Å². The summed E-state index contributed by atoms with van der Waals surface area (Å²) in [6.07, 6.45) is 5.44. The van der Waals surface area contributed by atoms with Gasteiger partial charge in [-0.05, 0) is 18.2 Å². The second-order valence-electron chi connectivity index (χ2n) is 8.74. The van der Waals surface area contributed by atoms with Crippen LogP contribution < -0.4 is 5.84 Å². The fourth-order valence-corrected chi connectivity index (χ4v) is 3.96. The van der Waals surface area contributed by atoms with Gasteiger partial charge in [-0.25, -0.2) is 4.98 Å². The number of hydrogen-bond donors (Lipinski definition) is 1. The minimum absolute atomic E-state index is 0.0278. The van der Waals surface area contributed by atoms with E-state index in [2.05, 4.69) is 68.2 Å². The molecule has 0 fully saturated rings. The maximum absolute atomic E-state index is 6.84. The lowest BCUT2D eigenvalue weighted by Gasteiger charge is -2.27. The third-order valence-corrected chi connectivity index (χ3v) is 5.52. The van der Waals surface area contributed by atoms with Gasteiger partial charge >= 0.3 is 0 Å². The number of rotatable bonds is 2. The van der Waals surface area contributed by atoms with E-state index in [4.69, 9.17) is 15.8 Å². The predicted molar refractivity (Wildman–Crippen MR) is 122 cm³/mol. The molecule has 5 heteroatoms. The summed E-state index contributed by atoms with van der Waals surface area (Å²) < 4.78 is 0.0278. The third-order valence-electron chi connectivity index (χ3n) is 5.52. The molecule has 1 unspecified atom stereocenters. The van der Waals surface area contributed by atoms with Crippen molar-refractivity contribution < 1.29 is 4.59 Å². The van der Waals surface area contributed by atoms with E-state index >= 15 is 0 Å². The molecular formula is C25H24N5+. The van der Waals surface area contributed by atoms with Crippen molar-refractivity contribution in [2.24, 2.45) is 21.2 Å². The SMILES string of the molecule is CC(C)(C)C1=C2C=NC=C[N+]2(N)C(c2ccc3ccc(-c4ccccc4)nc3c2)=N1. The van der Waals surface area contributed by atoms with E-state index in [1.54, 1.807) is 6.20 Å². The molecule has 0 bridgehead atoms. The number of nitrogens with zero attached hydrogens (tertiary/aromatic N) is 4. The highest BCUT2D eigenvalue weighted by molar-refractivity contribution is 6.02. The Morgan fingerprint density at radius 3 is 2.43 bits per heavy atom. The van der Waals surface area contributed by atoms with Crippen LogP contribution in [0.15, 0.2) is 94.4 Å². The van der Waals surface area contributed by atoms with Crippen LogP contribution in [-0.2, 0) is 0 Å². The molecule has 0 aliphatic carbocycles. The zero-order chi connectivity index (χ0) is 20.9. The number of aromatic nitrogens is 1. The largest absolute Gasteiger partial charge is 0.264 e. The lowest BCUT2D eigenvalue weighted by atomic mass is 9.91. The predicted octanol–water partition coefficient (Wildman–Crippen LogP) is 5.17. The van der Waals surface area contributed by atoms with Crippen molar-refractivity contribution in [1.82, 2.24) is 4.98 Å². The van der Waals surface area contributed by atoms with Crippen LogP contribution in [0.3, 0.4) is 0 Å². The van der Waals surface area contributed by atoms with Gasteiger partial charge in [-0.3, -0.25) is 4.99 Å². The van der Waals surface area contributed by atoms with Crippen molar-refractivity contribution in [1.29, 1.82) is 0 Å². The molecule has 2 aliphatic heterocycles. The minimum Gasteiger partial charge on any atom is -0.253 e. The normalized spacial score (nSPS) is 20.6. The standard InChI is InChI=1S/C25H24N5/c1-25(2,3)23-22-16-27-13-14-30(22,26)24(29-23)19-10-9-18-11-12-20(28-21(18)15-19)17-7-5-4-6-8-17/h4-16H,26H2,1-3H3/q+1. The van der Waals surface area contributed by atoms with E-state index in [9.17, 15) is 0 Å². The van der Waals surface area contributed by atoms with Crippen LogP contribution in [0, 0.1) is 5.41 Å². The first-order valence-corrected chi connectivity index (χ1v) is 10.1. The summed E-state index contributed by atoms with van der Waals surface area (Å²) in [6, 6.07) is 20.6. The van der Waals surface area contributed by atoms with Gasteiger partial charge in [-0.15, -0.1) is 4.59 Å². The average molecular weight is 395 g/mol. The Bertz CT molecular complexity index is 1280. The Morgan fingerprint density at radius 1 is 0.900 bits per heavy atom. The monoisotopic (exact) mass is 394 g/mol. The molecule has 148 valence electrons. The number of allylic oxidation sites excluding steroid dienone is 2. The highest BCUT2D eigenvalue weighted by atomic mass is 15.6. The van der Waals surface area contributed by atoms with Gasteiger partial charge in [0.25, 0.3) is 5.84 Å². The van der Waals surface area contributed by atoms with Gasteiger partial charge in [0, 0.05) is 16.4 Å². The van der Waals surface area contributed by atoms with Gasteiger partial charge in [0.05, 0.1) is 29.2 Å². The van der Waals surface area contributed by atoms with Crippen LogP contribution in [0.4, 0.5) is 0 Å². The molecule has 3 heterocycles. The van der Waals surface area contributed by atoms with E-state index in [-0.39, 0.29) is 10.0 Å². The van der Waals surface area contributed by atoms with Crippen LogP contribution in [0.1, 0.15) is 26.3 Å². The second-order valence-corrected chi connectivity index (χ2v) is 8.74. The van der Waals surface area contributed by atoms with E-state index in [1.165, 1.54) is 0 Å². The van der Waals surface area contributed by atoms with Crippen molar-refractivity contribution in [3.05, 3.63) is 90.0 Å². The molecule has 0 radical (unpaired) electrons. The Morgan fingerprint density at radius 2 is 1.67 bits per heavy atom. The van der Waals surface area contributed by atoms with Crippen LogP contribution >= 0.6 is 0 Å². The number of benzene rings is 2. The van der Waals surface area contributed by atoms with Gasteiger partial charge in [0.15, 0.2) is 0 Å². The fourth-order valence-electron chi connectivity index (χ4n) is 3.96.